The van der Waals surface area contributed by atoms with Crippen LogP contribution in [-0.4, -0.2) is 37.6 Å². The summed E-state index contributed by atoms with van der Waals surface area (Å²) in [5, 5.41) is 2.94. The number of pyridine rings is 1. The van der Waals surface area contributed by atoms with Crippen LogP contribution in [0.15, 0.2) is 42.6 Å². The van der Waals surface area contributed by atoms with E-state index in [2.05, 4.69) is 15.2 Å². The molecule has 0 atom stereocenters. The fourth-order valence-electron chi connectivity index (χ4n) is 3.24. The third kappa shape index (κ3) is 4.97. The molecule has 2 heterocycles. The molecule has 0 spiro atoms. The molecule has 1 aliphatic heterocycles. The lowest BCUT2D eigenvalue weighted by molar-refractivity contribution is 0.0949. The van der Waals surface area contributed by atoms with E-state index >= 15 is 0 Å². The molecule has 0 radical (unpaired) electrons. The number of carbonyl (C=O) groups is 1. The largest absolute Gasteiger partial charge is 0.497 e. The number of hydrogen-bond acceptors (Lipinski definition) is 4. The van der Waals surface area contributed by atoms with Gasteiger partial charge in [0.25, 0.3) is 5.91 Å². The van der Waals surface area contributed by atoms with Crippen molar-refractivity contribution < 1.29 is 9.53 Å². The van der Waals surface area contributed by atoms with Crippen molar-refractivity contribution in [1.29, 1.82) is 0 Å². The summed E-state index contributed by atoms with van der Waals surface area (Å²) in [5.74, 6) is 0.715. The number of nitrogens with zero attached hydrogens (tertiary/aromatic N) is 2. The molecule has 1 aliphatic rings. The highest BCUT2D eigenvalue weighted by Crippen LogP contribution is 2.18. The smallest absolute Gasteiger partial charge is 0.269 e. The zero-order chi connectivity index (χ0) is 18.2. The molecule has 1 amide bonds. The molecule has 2 aromatic rings. The lowest BCUT2D eigenvalue weighted by atomic mass is 10.1. The summed E-state index contributed by atoms with van der Waals surface area (Å²) in [4.78, 5) is 19.0. The Balaban J connectivity index is 1.49. The maximum Gasteiger partial charge on any atom is 0.269 e. The summed E-state index contributed by atoms with van der Waals surface area (Å²) in [5.41, 5.74) is 2.75. The second-order valence-corrected chi connectivity index (χ2v) is 6.66. The summed E-state index contributed by atoms with van der Waals surface area (Å²) >= 11 is 0. The quantitative estimate of drug-likeness (QED) is 0.864. The minimum absolute atomic E-state index is 0.124. The molecular weight excluding hydrogens is 326 g/mol. The number of ether oxygens (including phenoxy) is 1. The zero-order valence-corrected chi connectivity index (χ0v) is 15.4. The molecule has 0 bridgehead atoms. The molecule has 138 valence electrons. The molecule has 0 saturated carbocycles. The molecule has 1 saturated heterocycles. The topological polar surface area (TPSA) is 54.5 Å². The molecule has 0 aliphatic carbocycles. The molecule has 1 N–H and O–H groups in total. The predicted molar refractivity (Wildman–Crippen MR) is 104 cm³/mol. The lowest BCUT2D eigenvalue weighted by Crippen LogP contribution is -2.27. The number of aromatic nitrogens is 1. The summed E-state index contributed by atoms with van der Waals surface area (Å²) in [7, 11) is 1.65. The summed E-state index contributed by atoms with van der Waals surface area (Å²) < 4.78 is 5.15. The van der Waals surface area contributed by atoms with E-state index in [1.54, 1.807) is 7.11 Å². The van der Waals surface area contributed by atoms with Crippen molar-refractivity contribution in [1.82, 2.24) is 10.3 Å². The van der Waals surface area contributed by atoms with Crippen LogP contribution in [0.1, 0.15) is 41.7 Å². The first-order chi connectivity index (χ1) is 12.8. The Bertz CT molecular complexity index is 690. The molecule has 1 fully saturated rings. The maximum absolute atomic E-state index is 12.3. The second-order valence-electron chi connectivity index (χ2n) is 6.66. The Hall–Kier alpha value is -2.56. The van der Waals surface area contributed by atoms with Gasteiger partial charge in [-0.2, -0.15) is 0 Å². The number of hydrogen-bond donors (Lipinski definition) is 1. The number of anilines is 1. The van der Waals surface area contributed by atoms with Gasteiger partial charge in [0.05, 0.1) is 19.0 Å². The Morgan fingerprint density at radius 1 is 1.08 bits per heavy atom. The summed E-state index contributed by atoms with van der Waals surface area (Å²) in [6.45, 7) is 2.74. The van der Waals surface area contributed by atoms with Crippen LogP contribution in [-0.2, 0) is 6.42 Å². The van der Waals surface area contributed by atoms with Gasteiger partial charge in [0.1, 0.15) is 11.4 Å². The van der Waals surface area contributed by atoms with Crippen molar-refractivity contribution in [3.05, 3.63) is 53.9 Å². The first-order valence-electron chi connectivity index (χ1n) is 9.38. The first-order valence-corrected chi connectivity index (χ1v) is 9.38. The van der Waals surface area contributed by atoms with Crippen LogP contribution in [0.5, 0.6) is 5.75 Å². The number of methoxy groups -OCH3 is 1. The molecule has 3 rings (SSSR count). The fourth-order valence-corrected chi connectivity index (χ4v) is 3.24. The highest BCUT2D eigenvalue weighted by molar-refractivity contribution is 5.92. The van der Waals surface area contributed by atoms with E-state index in [0.29, 0.717) is 12.2 Å². The Morgan fingerprint density at radius 3 is 2.42 bits per heavy atom. The van der Waals surface area contributed by atoms with E-state index in [1.165, 1.54) is 25.7 Å². The molecule has 1 aromatic heterocycles. The van der Waals surface area contributed by atoms with Crippen LogP contribution in [0.25, 0.3) is 0 Å². The third-order valence-electron chi connectivity index (χ3n) is 4.81. The summed E-state index contributed by atoms with van der Waals surface area (Å²) in [6, 6.07) is 11.7. The van der Waals surface area contributed by atoms with Gasteiger partial charge < -0.3 is 15.0 Å². The average molecular weight is 353 g/mol. The average Bonchev–Trinajstić information content (AvgIpc) is 2.98. The van der Waals surface area contributed by atoms with E-state index in [0.717, 1.165) is 36.5 Å². The minimum atomic E-state index is -0.124. The Kier molecular flexibility index (Phi) is 6.47. The van der Waals surface area contributed by atoms with E-state index in [4.69, 9.17) is 4.74 Å². The number of benzene rings is 1. The van der Waals surface area contributed by atoms with Gasteiger partial charge in [-0.25, -0.2) is 4.98 Å². The van der Waals surface area contributed by atoms with Gasteiger partial charge >= 0.3 is 0 Å². The van der Waals surface area contributed by atoms with E-state index < -0.39 is 0 Å². The number of carbonyl (C=O) groups excluding carboxylic acids is 1. The SMILES string of the molecule is COc1ccc(CCNC(=O)c2ccc(N3CCCCCC3)cn2)cc1. The highest BCUT2D eigenvalue weighted by Gasteiger charge is 2.12. The van der Waals surface area contributed by atoms with Gasteiger partial charge in [0.2, 0.25) is 0 Å². The van der Waals surface area contributed by atoms with Crippen LogP contribution in [0.2, 0.25) is 0 Å². The summed E-state index contributed by atoms with van der Waals surface area (Å²) in [6.07, 6.45) is 7.67. The van der Waals surface area contributed by atoms with Crippen molar-refractivity contribution in [3.63, 3.8) is 0 Å². The molecule has 26 heavy (non-hydrogen) atoms. The third-order valence-corrected chi connectivity index (χ3v) is 4.81. The molecule has 5 heteroatoms. The monoisotopic (exact) mass is 353 g/mol. The first kappa shape index (κ1) is 18.2. The Morgan fingerprint density at radius 2 is 1.81 bits per heavy atom. The Labute approximate surface area is 155 Å². The van der Waals surface area contributed by atoms with Crippen LogP contribution in [0, 0.1) is 0 Å². The molecule has 0 unspecified atom stereocenters. The lowest BCUT2D eigenvalue weighted by Gasteiger charge is -2.22. The van der Waals surface area contributed by atoms with Crippen LogP contribution < -0.4 is 15.0 Å². The van der Waals surface area contributed by atoms with Gasteiger partial charge in [0, 0.05) is 19.6 Å². The highest BCUT2D eigenvalue weighted by atomic mass is 16.5. The number of amides is 1. The zero-order valence-electron chi connectivity index (χ0n) is 15.4. The minimum Gasteiger partial charge on any atom is -0.497 e. The standard InChI is InChI=1S/C21H27N3O2/c1-26-19-9-6-17(7-10-19)12-13-22-21(25)20-11-8-18(16-23-20)24-14-4-2-3-5-15-24/h6-11,16H,2-5,12-15H2,1H3,(H,22,25). The van der Waals surface area contributed by atoms with E-state index in [9.17, 15) is 4.79 Å². The van der Waals surface area contributed by atoms with E-state index in [1.807, 2.05) is 42.6 Å². The van der Waals surface area contributed by atoms with Crippen LogP contribution >= 0.6 is 0 Å². The predicted octanol–water partition coefficient (Wildman–Crippen LogP) is 3.44. The normalized spacial score (nSPS) is 14.6. The van der Waals surface area contributed by atoms with Gasteiger partial charge in [-0.15, -0.1) is 0 Å². The van der Waals surface area contributed by atoms with Crippen molar-refractivity contribution in [2.75, 3.05) is 31.6 Å². The molecular formula is C21H27N3O2. The van der Waals surface area contributed by atoms with Gasteiger partial charge in [0.15, 0.2) is 0 Å². The van der Waals surface area contributed by atoms with Gasteiger partial charge in [-0.05, 0) is 49.1 Å². The number of rotatable bonds is 6. The van der Waals surface area contributed by atoms with E-state index in [-0.39, 0.29) is 5.91 Å². The van der Waals surface area contributed by atoms with Crippen molar-refractivity contribution in [3.8, 4) is 5.75 Å². The van der Waals surface area contributed by atoms with Crippen molar-refractivity contribution in [2.45, 2.75) is 32.1 Å². The molecule has 1 aromatic carbocycles. The molecule has 5 nitrogen and oxygen atoms in total. The van der Waals surface area contributed by atoms with Crippen molar-refractivity contribution in [2.24, 2.45) is 0 Å². The number of nitrogens with one attached hydrogen (secondary N) is 1. The van der Waals surface area contributed by atoms with Crippen LogP contribution in [0.3, 0.4) is 0 Å². The second kappa shape index (κ2) is 9.22. The fraction of sp³-hybridized carbons (Fsp3) is 0.429. The van der Waals surface area contributed by atoms with Crippen LogP contribution in [0.4, 0.5) is 5.69 Å². The van der Waals surface area contributed by atoms with Gasteiger partial charge in [-0.3, -0.25) is 4.79 Å². The van der Waals surface area contributed by atoms with Gasteiger partial charge in [-0.1, -0.05) is 25.0 Å². The van der Waals surface area contributed by atoms with Crippen molar-refractivity contribution >= 4 is 11.6 Å². The maximum atomic E-state index is 12.3.